The lowest BCUT2D eigenvalue weighted by Gasteiger charge is -2.27. The first-order valence-corrected chi connectivity index (χ1v) is 10.5. The van der Waals surface area contributed by atoms with E-state index in [0.717, 1.165) is 53.4 Å². The zero-order valence-corrected chi connectivity index (χ0v) is 17.4. The molecule has 0 radical (unpaired) electrons. The van der Waals surface area contributed by atoms with Crippen LogP contribution in [0.2, 0.25) is 0 Å². The Morgan fingerprint density at radius 2 is 2.00 bits per heavy atom. The minimum absolute atomic E-state index is 0.794. The monoisotopic (exact) mass is 416 g/mol. The Morgan fingerprint density at radius 3 is 2.68 bits per heavy atom. The summed E-state index contributed by atoms with van der Waals surface area (Å²) in [6.45, 7) is 4.95. The van der Waals surface area contributed by atoms with Crippen molar-refractivity contribution in [1.29, 1.82) is 0 Å². The molecule has 0 aliphatic carbocycles. The summed E-state index contributed by atoms with van der Waals surface area (Å²) in [5.74, 6) is 2.01. The van der Waals surface area contributed by atoms with Crippen molar-refractivity contribution >= 4 is 40.2 Å². The largest absolute Gasteiger partial charge is 0.497 e. The Labute approximate surface area is 173 Å². The second kappa shape index (κ2) is 8.68. The topological polar surface area (TPSA) is 60.9 Å². The molecule has 0 unspecified atom stereocenters. The molecule has 0 saturated carbocycles. The quantitative estimate of drug-likeness (QED) is 0.598. The van der Waals surface area contributed by atoms with E-state index in [1.54, 1.807) is 7.11 Å². The summed E-state index contributed by atoms with van der Waals surface area (Å²) >= 11 is 7.03. The molecule has 0 amide bonds. The van der Waals surface area contributed by atoms with E-state index < -0.39 is 0 Å². The van der Waals surface area contributed by atoms with Crippen LogP contribution in [-0.4, -0.2) is 43.1 Å². The minimum Gasteiger partial charge on any atom is -0.497 e. The molecular weight excluding hydrogens is 392 g/mol. The summed E-state index contributed by atoms with van der Waals surface area (Å²) in [4.78, 5) is 7.19. The number of H-pyrrole nitrogens is 1. The molecule has 1 aliphatic heterocycles. The molecule has 9 heteroatoms. The van der Waals surface area contributed by atoms with Crippen molar-refractivity contribution in [3.05, 3.63) is 52.6 Å². The highest BCUT2D eigenvalue weighted by Crippen LogP contribution is 2.22. The third kappa shape index (κ3) is 4.49. The van der Waals surface area contributed by atoms with Gasteiger partial charge in [-0.15, -0.1) is 5.10 Å². The molecule has 2 aromatic heterocycles. The van der Waals surface area contributed by atoms with Crippen LogP contribution in [0.25, 0.3) is 0 Å². The van der Waals surface area contributed by atoms with Crippen LogP contribution in [0.5, 0.6) is 5.75 Å². The number of nitrogens with one attached hydrogen (secondary N) is 3. The molecule has 0 spiro atoms. The molecule has 1 fully saturated rings. The lowest BCUT2D eigenvalue weighted by molar-refractivity contribution is -0.924. The number of methoxy groups -OCH3 is 1. The molecule has 3 heterocycles. The predicted octanol–water partition coefficient (Wildman–Crippen LogP) is 1.60. The molecule has 1 saturated heterocycles. The molecular formula is C19H24N6OS2+2. The molecule has 3 N–H and O–H groups in total. The lowest BCUT2D eigenvalue weighted by Crippen LogP contribution is -3.14. The van der Waals surface area contributed by atoms with Gasteiger partial charge >= 0.3 is 0 Å². The molecule has 3 aromatic rings. The average molecular weight is 417 g/mol. The number of anilines is 3. The number of aromatic amines is 1. The van der Waals surface area contributed by atoms with Gasteiger partial charge in [0.1, 0.15) is 31.9 Å². The van der Waals surface area contributed by atoms with Gasteiger partial charge in [0.25, 0.3) is 5.82 Å². The third-order valence-corrected chi connectivity index (χ3v) is 6.05. The van der Waals surface area contributed by atoms with Gasteiger partial charge in [-0.3, -0.25) is 4.90 Å². The number of quaternary nitrogens is 1. The van der Waals surface area contributed by atoms with Crippen molar-refractivity contribution in [2.24, 2.45) is 0 Å². The molecule has 146 valence electrons. The molecule has 1 aromatic carbocycles. The van der Waals surface area contributed by atoms with Crippen LogP contribution in [0.1, 0.15) is 0 Å². The Hall–Kier alpha value is -2.49. The fourth-order valence-corrected chi connectivity index (χ4v) is 4.30. The Balaban J connectivity index is 1.35. The first-order chi connectivity index (χ1) is 13.7. The maximum atomic E-state index is 5.53. The Morgan fingerprint density at radius 1 is 1.21 bits per heavy atom. The van der Waals surface area contributed by atoms with Crippen molar-refractivity contribution in [1.82, 2.24) is 9.78 Å². The summed E-state index contributed by atoms with van der Waals surface area (Å²) in [6.07, 6.45) is 1.97. The number of rotatable bonds is 6. The van der Waals surface area contributed by atoms with Gasteiger partial charge in [-0.1, -0.05) is 17.4 Å². The summed E-state index contributed by atoms with van der Waals surface area (Å²) in [5.41, 5.74) is 0.969. The minimum atomic E-state index is 0.794. The first kappa shape index (κ1) is 18.9. The highest BCUT2D eigenvalue weighted by atomic mass is 32.1. The van der Waals surface area contributed by atoms with E-state index in [-0.39, 0.29) is 0 Å². The summed E-state index contributed by atoms with van der Waals surface area (Å²) < 4.78 is 7.92. The number of aromatic nitrogens is 3. The van der Waals surface area contributed by atoms with Gasteiger partial charge < -0.3 is 15.0 Å². The average Bonchev–Trinajstić information content (AvgIpc) is 3.08. The van der Waals surface area contributed by atoms with E-state index in [1.165, 1.54) is 22.1 Å². The number of nitrogens with zero attached hydrogens (tertiary/aromatic N) is 3. The summed E-state index contributed by atoms with van der Waals surface area (Å²) in [7, 11) is 1.66. The van der Waals surface area contributed by atoms with Gasteiger partial charge in [0, 0.05) is 11.8 Å². The van der Waals surface area contributed by atoms with E-state index in [9.17, 15) is 0 Å². The van der Waals surface area contributed by atoms with Gasteiger partial charge in [-0.25, -0.2) is 4.98 Å². The molecule has 28 heavy (non-hydrogen) atoms. The standard InChI is InChI=1S/C19H22N6OS2/c1-26-16-7-5-15(6-8-16)21-18-22-25(19(27)28-18)14-23-10-12-24(13-11-23)17-4-2-3-9-20-17/h2-9H,10-14H2,1H3,(H,21,22)/p+2. The van der Waals surface area contributed by atoms with Crippen LogP contribution >= 0.6 is 23.6 Å². The SMILES string of the molecule is COc1ccc(Nc2nn(C[NH+]3CCN(c4cccc[nH+]4)CC3)c(=S)s2)cc1. The summed E-state index contributed by atoms with van der Waals surface area (Å²) in [5, 5.41) is 8.80. The third-order valence-electron chi connectivity index (χ3n) is 4.82. The second-order valence-corrected chi connectivity index (χ2v) is 8.29. The first-order valence-electron chi connectivity index (χ1n) is 9.25. The van der Waals surface area contributed by atoms with Gasteiger partial charge in [0.05, 0.1) is 13.3 Å². The van der Waals surface area contributed by atoms with Crippen LogP contribution in [0.3, 0.4) is 0 Å². The van der Waals surface area contributed by atoms with Crippen LogP contribution in [0.4, 0.5) is 16.6 Å². The highest BCUT2D eigenvalue weighted by molar-refractivity contribution is 7.73. The van der Waals surface area contributed by atoms with E-state index >= 15 is 0 Å². The lowest BCUT2D eigenvalue weighted by atomic mass is 10.3. The van der Waals surface area contributed by atoms with Crippen molar-refractivity contribution in [2.45, 2.75) is 6.67 Å². The zero-order valence-electron chi connectivity index (χ0n) is 15.7. The molecule has 0 atom stereocenters. The fraction of sp³-hybridized carbons (Fsp3) is 0.316. The maximum Gasteiger partial charge on any atom is 0.274 e. The Kier molecular flexibility index (Phi) is 5.84. The van der Waals surface area contributed by atoms with Gasteiger partial charge in [0.2, 0.25) is 5.13 Å². The molecule has 0 bridgehead atoms. The van der Waals surface area contributed by atoms with Crippen molar-refractivity contribution < 1.29 is 14.6 Å². The van der Waals surface area contributed by atoms with E-state index in [4.69, 9.17) is 17.0 Å². The predicted molar refractivity (Wildman–Crippen MR) is 113 cm³/mol. The smallest absolute Gasteiger partial charge is 0.274 e. The number of hydrogen-bond donors (Lipinski definition) is 2. The number of hydrogen-bond acceptors (Lipinski definition) is 6. The number of piperazine rings is 1. The van der Waals surface area contributed by atoms with Crippen LogP contribution in [0, 0.1) is 3.95 Å². The van der Waals surface area contributed by atoms with Gasteiger partial charge in [-0.05, 0) is 42.5 Å². The van der Waals surface area contributed by atoms with Crippen molar-refractivity contribution in [2.75, 3.05) is 43.5 Å². The normalized spacial score (nSPS) is 14.8. The van der Waals surface area contributed by atoms with Gasteiger partial charge in [0.15, 0.2) is 10.6 Å². The van der Waals surface area contributed by atoms with E-state index in [0.29, 0.717) is 0 Å². The molecule has 1 aliphatic rings. The summed E-state index contributed by atoms with van der Waals surface area (Å²) in [6, 6.07) is 14.0. The van der Waals surface area contributed by atoms with E-state index in [1.807, 2.05) is 41.2 Å². The fourth-order valence-electron chi connectivity index (χ4n) is 3.27. The number of pyridine rings is 1. The molecule has 4 rings (SSSR count). The van der Waals surface area contributed by atoms with Crippen LogP contribution in [0.15, 0.2) is 48.7 Å². The van der Waals surface area contributed by atoms with E-state index in [2.05, 4.69) is 32.4 Å². The zero-order chi connectivity index (χ0) is 19.3. The van der Waals surface area contributed by atoms with Crippen LogP contribution < -0.4 is 24.8 Å². The maximum absolute atomic E-state index is 5.53. The highest BCUT2D eigenvalue weighted by Gasteiger charge is 2.26. The van der Waals surface area contributed by atoms with Crippen LogP contribution in [-0.2, 0) is 6.67 Å². The van der Waals surface area contributed by atoms with Crippen molar-refractivity contribution in [3.8, 4) is 5.75 Å². The van der Waals surface area contributed by atoms with Gasteiger partial charge in [-0.2, -0.15) is 4.68 Å². The van der Waals surface area contributed by atoms with Crippen molar-refractivity contribution in [3.63, 3.8) is 0 Å². The number of ether oxygens (including phenoxy) is 1. The second-order valence-electron chi connectivity index (χ2n) is 6.67. The number of benzene rings is 1. The molecule has 7 nitrogen and oxygen atoms in total. The Bertz CT molecular complexity index is 949.